The molecule has 0 saturated carbocycles. The highest BCUT2D eigenvalue weighted by Gasteiger charge is 2.24. The molecule has 0 bridgehead atoms. The van der Waals surface area contributed by atoms with Gasteiger partial charge in [-0.15, -0.1) is 0 Å². The Balaban J connectivity index is 1.74. The van der Waals surface area contributed by atoms with Gasteiger partial charge in [-0.05, 0) is 55.6 Å². The van der Waals surface area contributed by atoms with Crippen LogP contribution in [-0.4, -0.2) is 18.6 Å². The van der Waals surface area contributed by atoms with Gasteiger partial charge in [-0.1, -0.05) is 29.8 Å². The summed E-state index contributed by atoms with van der Waals surface area (Å²) < 4.78 is 5.51. The van der Waals surface area contributed by atoms with E-state index in [4.69, 9.17) is 4.74 Å². The van der Waals surface area contributed by atoms with Gasteiger partial charge in [-0.3, -0.25) is 0 Å². The van der Waals surface area contributed by atoms with Gasteiger partial charge < -0.3 is 15.0 Å². The molecule has 1 aromatic heterocycles. The van der Waals surface area contributed by atoms with Crippen LogP contribution in [0.1, 0.15) is 28.4 Å². The number of methoxy groups -OCH3 is 1. The fourth-order valence-corrected chi connectivity index (χ4v) is 3.69. The quantitative estimate of drug-likeness (QED) is 0.769. The van der Waals surface area contributed by atoms with Crippen LogP contribution in [0.15, 0.2) is 42.5 Å². The number of aryl methyl sites for hydroxylation is 1. The lowest BCUT2D eigenvalue weighted by Gasteiger charge is -2.25. The summed E-state index contributed by atoms with van der Waals surface area (Å²) in [6.45, 7) is 3.18. The molecule has 1 atom stereocenters. The van der Waals surface area contributed by atoms with E-state index in [2.05, 4.69) is 47.6 Å². The molecule has 0 saturated heterocycles. The van der Waals surface area contributed by atoms with E-state index in [1.54, 1.807) is 7.11 Å². The van der Waals surface area contributed by atoms with Crippen molar-refractivity contribution in [3.8, 4) is 5.75 Å². The molecule has 2 heterocycles. The second-order valence-electron chi connectivity index (χ2n) is 6.34. The lowest BCUT2D eigenvalue weighted by molar-refractivity contribution is 0.403. The Morgan fingerprint density at radius 1 is 1.17 bits per heavy atom. The summed E-state index contributed by atoms with van der Waals surface area (Å²) in [7, 11) is 1.74. The fraction of sp³-hybridized carbons (Fsp3) is 0.300. The van der Waals surface area contributed by atoms with Crippen molar-refractivity contribution in [1.82, 2.24) is 10.3 Å². The highest BCUT2D eigenvalue weighted by Crippen LogP contribution is 2.33. The van der Waals surface area contributed by atoms with E-state index in [1.165, 1.54) is 33.3 Å². The van der Waals surface area contributed by atoms with Gasteiger partial charge in [0, 0.05) is 16.6 Å². The van der Waals surface area contributed by atoms with Gasteiger partial charge in [0.05, 0.1) is 13.2 Å². The zero-order valence-corrected chi connectivity index (χ0v) is 13.6. The molecular formula is C20H22N2O. The third-order valence-electron chi connectivity index (χ3n) is 4.83. The largest absolute Gasteiger partial charge is 0.496 e. The van der Waals surface area contributed by atoms with Gasteiger partial charge in [-0.2, -0.15) is 0 Å². The minimum absolute atomic E-state index is 0.308. The van der Waals surface area contributed by atoms with Crippen molar-refractivity contribution in [1.29, 1.82) is 0 Å². The van der Waals surface area contributed by atoms with Crippen LogP contribution < -0.4 is 10.1 Å². The maximum atomic E-state index is 5.51. The second kappa shape index (κ2) is 5.74. The first-order valence-corrected chi connectivity index (χ1v) is 8.22. The smallest absolute Gasteiger partial charge is 0.122 e. The molecule has 1 aliphatic heterocycles. The predicted molar refractivity (Wildman–Crippen MR) is 94.2 cm³/mol. The number of hydrogen-bond donors (Lipinski definition) is 2. The molecule has 2 aromatic carbocycles. The summed E-state index contributed by atoms with van der Waals surface area (Å²) in [5.74, 6) is 0.966. The molecular weight excluding hydrogens is 284 g/mol. The second-order valence-corrected chi connectivity index (χ2v) is 6.34. The van der Waals surface area contributed by atoms with Crippen LogP contribution in [0.3, 0.4) is 0 Å². The van der Waals surface area contributed by atoms with Crippen LogP contribution in [0.4, 0.5) is 0 Å². The van der Waals surface area contributed by atoms with Crippen LogP contribution in [0, 0.1) is 6.92 Å². The minimum atomic E-state index is 0.308. The zero-order valence-electron chi connectivity index (χ0n) is 13.6. The number of fused-ring (bicyclic) bond motifs is 3. The molecule has 1 aliphatic rings. The van der Waals surface area contributed by atoms with Gasteiger partial charge in [0.2, 0.25) is 0 Å². The Morgan fingerprint density at radius 2 is 2.04 bits per heavy atom. The van der Waals surface area contributed by atoms with Crippen molar-refractivity contribution in [3.05, 3.63) is 64.8 Å². The van der Waals surface area contributed by atoms with E-state index in [0.717, 1.165) is 25.1 Å². The summed E-state index contributed by atoms with van der Waals surface area (Å²) in [6.07, 6.45) is 2.02. The highest BCUT2D eigenvalue weighted by molar-refractivity contribution is 5.85. The first-order valence-electron chi connectivity index (χ1n) is 8.22. The third-order valence-corrected chi connectivity index (χ3v) is 4.83. The first-order chi connectivity index (χ1) is 11.3. The van der Waals surface area contributed by atoms with Gasteiger partial charge in [0.25, 0.3) is 0 Å². The number of benzene rings is 2. The summed E-state index contributed by atoms with van der Waals surface area (Å²) in [4.78, 5) is 3.65. The average molecular weight is 306 g/mol. The lowest BCUT2D eigenvalue weighted by Crippen LogP contribution is -2.31. The van der Waals surface area contributed by atoms with Crippen LogP contribution in [0.2, 0.25) is 0 Å². The molecule has 1 unspecified atom stereocenters. The number of aromatic nitrogens is 1. The standard InChI is InChI=1S/C20H22N2O/c1-13-7-8-17-16(11-13)15-9-10-21-18(20(15)22-17)12-14-5-3-4-6-19(14)23-2/h3-8,11,18,21-22H,9-10,12H2,1-2H3. The van der Waals surface area contributed by atoms with Crippen molar-refractivity contribution in [3.63, 3.8) is 0 Å². The van der Waals surface area contributed by atoms with Crippen LogP contribution in [0.5, 0.6) is 5.75 Å². The molecule has 23 heavy (non-hydrogen) atoms. The Kier molecular flexibility index (Phi) is 3.58. The number of rotatable bonds is 3. The maximum absolute atomic E-state index is 5.51. The lowest BCUT2D eigenvalue weighted by atomic mass is 9.94. The number of aromatic amines is 1. The number of hydrogen-bond acceptors (Lipinski definition) is 2. The number of H-pyrrole nitrogens is 1. The van der Waals surface area contributed by atoms with E-state index < -0.39 is 0 Å². The normalized spacial score (nSPS) is 17.2. The summed E-state index contributed by atoms with van der Waals surface area (Å²) >= 11 is 0. The SMILES string of the molecule is COc1ccccc1CC1NCCc2c1[nH]c1ccc(C)cc21. The molecule has 0 aliphatic carbocycles. The Hall–Kier alpha value is -2.26. The predicted octanol–water partition coefficient (Wildman–Crippen LogP) is 3.91. The maximum Gasteiger partial charge on any atom is 0.122 e. The topological polar surface area (TPSA) is 37.0 Å². The first kappa shape index (κ1) is 14.3. The molecule has 3 nitrogen and oxygen atoms in total. The van der Waals surface area contributed by atoms with E-state index >= 15 is 0 Å². The zero-order chi connectivity index (χ0) is 15.8. The van der Waals surface area contributed by atoms with Gasteiger partial charge in [0.1, 0.15) is 5.75 Å². The van der Waals surface area contributed by atoms with Crippen LogP contribution in [-0.2, 0) is 12.8 Å². The molecule has 0 radical (unpaired) electrons. The van der Waals surface area contributed by atoms with E-state index in [0.29, 0.717) is 6.04 Å². The van der Waals surface area contributed by atoms with Gasteiger partial charge in [0.15, 0.2) is 0 Å². The van der Waals surface area contributed by atoms with E-state index in [-0.39, 0.29) is 0 Å². The molecule has 2 N–H and O–H groups in total. The fourth-order valence-electron chi connectivity index (χ4n) is 3.69. The van der Waals surface area contributed by atoms with E-state index in [9.17, 15) is 0 Å². The summed E-state index contributed by atoms with van der Waals surface area (Å²) in [5, 5.41) is 5.04. The summed E-state index contributed by atoms with van der Waals surface area (Å²) in [5.41, 5.74) is 6.62. The highest BCUT2D eigenvalue weighted by atomic mass is 16.5. The van der Waals surface area contributed by atoms with E-state index in [1.807, 2.05) is 12.1 Å². The molecule has 118 valence electrons. The Morgan fingerprint density at radius 3 is 2.91 bits per heavy atom. The van der Waals surface area contributed by atoms with Crippen molar-refractivity contribution >= 4 is 10.9 Å². The Bertz CT molecular complexity index is 850. The van der Waals surface area contributed by atoms with Crippen molar-refractivity contribution < 1.29 is 4.74 Å². The third kappa shape index (κ3) is 2.51. The molecule has 0 amide bonds. The molecule has 4 rings (SSSR count). The van der Waals surface area contributed by atoms with Gasteiger partial charge >= 0.3 is 0 Å². The monoisotopic (exact) mass is 306 g/mol. The number of para-hydroxylation sites is 1. The van der Waals surface area contributed by atoms with Crippen LogP contribution >= 0.6 is 0 Å². The summed E-state index contributed by atoms with van der Waals surface area (Å²) in [6, 6.07) is 15.3. The minimum Gasteiger partial charge on any atom is -0.496 e. The molecule has 3 heteroatoms. The van der Waals surface area contributed by atoms with Crippen molar-refractivity contribution in [2.24, 2.45) is 0 Å². The molecule has 0 fully saturated rings. The Labute approximate surface area is 136 Å². The van der Waals surface area contributed by atoms with Crippen molar-refractivity contribution in [2.45, 2.75) is 25.8 Å². The number of nitrogens with one attached hydrogen (secondary N) is 2. The number of ether oxygens (including phenoxy) is 1. The molecule has 0 spiro atoms. The van der Waals surface area contributed by atoms with Crippen LogP contribution in [0.25, 0.3) is 10.9 Å². The molecule has 3 aromatic rings. The van der Waals surface area contributed by atoms with Gasteiger partial charge in [-0.25, -0.2) is 0 Å². The van der Waals surface area contributed by atoms with Crippen molar-refractivity contribution in [2.75, 3.05) is 13.7 Å². The average Bonchev–Trinajstić information content (AvgIpc) is 2.94.